The van der Waals surface area contributed by atoms with Crippen molar-refractivity contribution in [3.05, 3.63) is 0 Å². The molecule has 5 nitrogen and oxygen atoms in total. The van der Waals surface area contributed by atoms with Crippen LogP contribution >= 0.6 is 11.8 Å². The van der Waals surface area contributed by atoms with E-state index in [4.69, 9.17) is 4.74 Å². The normalized spacial score (nSPS) is 20.3. The summed E-state index contributed by atoms with van der Waals surface area (Å²) in [7, 11) is 3.39. The number of nitrogens with zero attached hydrogens (tertiary/aromatic N) is 2. The van der Waals surface area contributed by atoms with E-state index in [1.165, 1.54) is 9.80 Å². The van der Waals surface area contributed by atoms with Crippen molar-refractivity contribution < 1.29 is 14.3 Å². The van der Waals surface area contributed by atoms with Crippen molar-refractivity contribution in [3.8, 4) is 0 Å². The smallest absolute Gasteiger partial charge is 0.411 e. The SMILES string of the molecule is CN(C)C(=O)[C@@H]1CSCN1C(=O)OC(C)(C)C. The largest absolute Gasteiger partial charge is 0.444 e. The minimum Gasteiger partial charge on any atom is -0.444 e. The molecule has 1 aliphatic heterocycles. The summed E-state index contributed by atoms with van der Waals surface area (Å²) in [5.74, 6) is 1.09. The summed E-state index contributed by atoms with van der Waals surface area (Å²) in [6.07, 6.45) is -0.414. The molecule has 0 saturated carbocycles. The van der Waals surface area contributed by atoms with Crippen molar-refractivity contribution in [2.75, 3.05) is 25.7 Å². The average Bonchev–Trinajstić information content (AvgIpc) is 2.61. The summed E-state index contributed by atoms with van der Waals surface area (Å²) >= 11 is 1.57. The van der Waals surface area contributed by atoms with Gasteiger partial charge in [0.25, 0.3) is 0 Å². The number of hydrogen-bond acceptors (Lipinski definition) is 4. The molecule has 1 aliphatic rings. The van der Waals surface area contributed by atoms with Gasteiger partial charge in [-0.1, -0.05) is 0 Å². The first-order valence-electron chi connectivity index (χ1n) is 5.51. The summed E-state index contributed by atoms with van der Waals surface area (Å²) in [6, 6.07) is -0.398. The molecule has 0 spiro atoms. The van der Waals surface area contributed by atoms with Gasteiger partial charge in [-0.2, -0.15) is 0 Å². The number of carbonyl (C=O) groups excluding carboxylic acids is 2. The van der Waals surface area contributed by atoms with Gasteiger partial charge in [-0.3, -0.25) is 9.69 Å². The maximum Gasteiger partial charge on any atom is 0.411 e. The van der Waals surface area contributed by atoms with Gasteiger partial charge < -0.3 is 9.64 Å². The quantitative estimate of drug-likeness (QED) is 0.715. The molecule has 17 heavy (non-hydrogen) atoms. The van der Waals surface area contributed by atoms with Gasteiger partial charge in [0.1, 0.15) is 11.6 Å². The van der Waals surface area contributed by atoms with Crippen molar-refractivity contribution in [1.29, 1.82) is 0 Å². The molecule has 1 heterocycles. The molecule has 0 aromatic heterocycles. The molecular formula is C11H20N2O3S. The predicted molar refractivity (Wildman–Crippen MR) is 67.9 cm³/mol. The van der Waals surface area contributed by atoms with Gasteiger partial charge in [-0.25, -0.2) is 4.79 Å². The Hall–Kier alpha value is -0.910. The topological polar surface area (TPSA) is 49.9 Å². The van der Waals surface area contributed by atoms with Crippen molar-refractivity contribution in [2.45, 2.75) is 32.4 Å². The number of carbonyl (C=O) groups is 2. The maximum atomic E-state index is 11.9. The van der Waals surface area contributed by atoms with Crippen molar-refractivity contribution in [2.24, 2.45) is 0 Å². The lowest BCUT2D eigenvalue weighted by Crippen LogP contribution is -2.48. The number of ether oxygens (including phenoxy) is 1. The van der Waals surface area contributed by atoms with Crippen LogP contribution in [0.5, 0.6) is 0 Å². The van der Waals surface area contributed by atoms with E-state index in [1.54, 1.807) is 25.9 Å². The van der Waals surface area contributed by atoms with Crippen LogP contribution in [0.2, 0.25) is 0 Å². The van der Waals surface area contributed by atoms with Gasteiger partial charge >= 0.3 is 6.09 Å². The molecule has 0 bridgehead atoms. The highest BCUT2D eigenvalue weighted by Crippen LogP contribution is 2.24. The van der Waals surface area contributed by atoms with Crippen LogP contribution in [0.25, 0.3) is 0 Å². The molecule has 0 unspecified atom stereocenters. The second-order valence-electron chi connectivity index (χ2n) is 5.20. The van der Waals surface area contributed by atoms with E-state index in [9.17, 15) is 9.59 Å². The highest BCUT2D eigenvalue weighted by atomic mass is 32.2. The molecule has 98 valence electrons. The third-order valence-electron chi connectivity index (χ3n) is 2.24. The Labute approximate surface area is 106 Å². The fraction of sp³-hybridized carbons (Fsp3) is 0.818. The van der Waals surface area contributed by atoms with Crippen molar-refractivity contribution >= 4 is 23.8 Å². The van der Waals surface area contributed by atoms with Gasteiger partial charge in [0, 0.05) is 19.8 Å². The number of amides is 2. The molecule has 2 amide bonds. The molecule has 6 heteroatoms. The predicted octanol–water partition coefficient (Wildman–Crippen LogP) is 1.38. The van der Waals surface area contributed by atoms with Crippen LogP contribution in [0.15, 0.2) is 0 Å². The molecule has 0 aliphatic carbocycles. The van der Waals surface area contributed by atoms with Crippen LogP contribution in [-0.2, 0) is 9.53 Å². The van der Waals surface area contributed by atoms with Gasteiger partial charge in [0.05, 0.1) is 5.88 Å². The van der Waals surface area contributed by atoms with Crippen molar-refractivity contribution in [3.63, 3.8) is 0 Å². The van der Waals surface area contributed by atoms with E-state index in [1.807, 2.05) is 20.8 Å². The average molecular weight is 260 g/mol. The second kappa shape index (κ2) is 5.16. The Kier molecular flexibility index (Phi) is 4.30. The highest BCUT2D eigenvalue weighted by molar-refractivity contribution is 7.99. The lowest BCUT2D eigenvalue weighted by atomic mass is 10.2. The van der Waals surface area contributed by atoms with Crippen molar-refractivity contribution in [1.82, 2.24) is 9.80 Å². The minimum absolute atomic E-state index is 0.0548. The monoisotopic (exact) mass is 260 g/mol. The number of thioether (sulfide) groups is 1. The van der Waals surface area contributed by atoms with E-state index < -0.39 is 17.7 Å². The minimum atomic E-state index is -0.532. The van der Waals surface area contributed by atoms with E-state index in [0.717, 1.165) is 0 Å². The van der Waals surface area contributed by atoms with Gasteiger partial charge in [-0.15, -0.1) is 11.8 Å². The molecule has 0 aromatic rings. The third kappa shape index (κ3) is 3.80. The van der Waals surface area contributed by atoms with Crippen LogP contribution in [0.1, 0.15) is 20.8 Å². The molecule has 1 saturated heterocycles. The summed E-state index contributed by atoms with van der Waals surface area (Å²) in [6.45, 7) is 5.45. The Balaban J connectivity index is 2.70. The fourth-order valence-electron chi connectivity index (χ4n) is 1.45. The summed E-state index contributed by atoms with van der Waals surface area (Å²) in [4.78, 5) is 26.8. The lowest BCUT2D eigenvalue weighted by molar-refractivity contribution is -0.132. The lowest BCUT2D eigenvalue weighted by Gasteiger charge is -2.28. The first-order valence-corrected chi connectivity index (χ1v) is 6.66. The highest BCUT2D eigenvalue weighted by Gasteiger charge is 2.37. The van der Waals surface area contributed by atoms with Crippen LogP contribution in [0.3, 0.4) is 0 Å². The second-order valence-corrected chi connectivity index (χ2v) is 6.20. The molecule has 1 rings (SSSR count). The van der Waals surface area contributed by atoms with Crippen LogP contribution in [0, 0.1) is 0 Å². The Morgan fingerprint density at radius 1 is 1.35 bits per heavy atom. The zero-order chi connectivity index (χ0) is 13.2. The molecule has 1 fully saturated rings. The number of rotatable bonds is 1. The Morgan fingerprint density at radius 3 is 2.41 bits per heavy atom. The summed E-state index contributed by atoms with van der Waals surface area (Å²) in [5.41, 5.74) is -0.532. The molecule has 0 aromatic carbocycles. The van der Waals surface area contributed by atoms with Gasteiger partial charge in [0.2, 0.25) is 5.91 Å². The van der Waals surface area contributed by atoms with Gasteiger partial charge in [-0.05, 0) is 20.8 Å². The number of likely N-dealkylation sites (N-methyl/N-ethyl adjacent to an activating group) is 1. The fourth-order valence-corrected chi connectivity index (χ4v) is 2.58. The molecule has 0 N–H and O–H groups in total. The molecule has 1 atom stereocenters. The van der Waals surface area contributed by atoms with E-state index >= 15 is 0 Å². The molecule has 0 radical (unpaired) electrons. The van der Waals surface area contributed by atoms with E-state index in [-0.39, 0.29) is 5.91 Å². The standard InChI is InChI=1S/C11H20N2O3S/c1-11(2,3)16-10(15)13-7-17-6-8(13)9(14)12(4)5/h8H,6-7H2,1-5H3/t8-/m0/s1. The van der Waals surface area contributed by atoms with Crippen LogP contribution < -0.4 is 0 Å². The third-order valence-corrected chi connectivity index (χ3v) is 3.25. The van der Waals surface area contributed by atoms with Crippen LogP contribution in [0.4, 0.5) is 4.79 Å². The van der Waals surface area contributed by atoms with E-state index in [2.05, 4.69) is 0 Å². The first-order chi connectivity index (χ1) is 7.72. The molecular weight excluding hydrogens is 240 g/mol. The summed E-state index contributed by atoms with van der Waals surface area (Å²) < 4.78 is 5.28. The van der Waals surface area contributed by atoms with Gasteiger partial charge in [0.15, 0.2) is 0 Å². The maximum absolute atomic E-state index is 11.9. The summed E-state index contributed by atoms with van der Waals surface area (Å²) in [5, 5.41) is 0. The zero-order valence-electron chi connectivity index (χ0n) is 11.0. The Morgan fingerprint density at radius 2 is 1.94 bits per heavy atom. The zero-order valence-corrected chi connectivity index (χ0v) is 11.8. The van der Waals surface area contributed by atoms with E-state index in [0.29, 0.717) is 11.6 Å². The first kappa shape index (κ1) is 14.2. The number of hydrogen-bond donors (Lipinski definition) is 0. The van der Waals surface area contributed by atoms with Crippen LogP contribution in [-0.4, -0.2) is 59.2 Å². The Bertz CT molecular complexity index is 312.